The molecule has 1 aromatic rings. The second kappa shape index (κ2) is 8.40. The van der Waals surface area contributed by atoms with Gasteiger partial charge in [-0.1, -0.05) is 0 Å². The van der Waals surface area contributed by atoms with Gasteiger partial charge in [-0.15, -0.1) is 0 Å². The van der Waals surface area contributed by atoms with E-state index in [9.17, 15) is 9.59 Å². The van der Waals surface area contributed by atoms with Gasteiger partial charge >= 0.3 is 6.03 Å². The van der Waals surface area contributed by atoms with Gasteiger partial charge in [0.05, 0.1) is 5.69 Å². The van der Waals surface area contributed by atoms with Crippen LogP contribution in [0.3, 0.4) is 0 Å². The van der Waals surface area contributed by atoms with Crippen LogP contribution >= 0.6 is 0 Å². The van der Waals surface area contributed by atoms with Gasteiger partial charge in [0.25, 0.3) is 5.91 Å². The molecule has 0 spiro atoms. The molecule has 3 amide bonds. The number of likely N-dealkylation sites (tertiary alicyclic amines) is 1. The van der Waals surface area contributed by atoms with Crippen LogP contribution in [0.1, 0.15) is 26.7 Å². The van der Waals surface area contributed by atoms with E-state index in [1.54, 1.807) is 11.0 Å². The van der Waals surface area contributed by atoms with E-state index in [0.717, 1.165) is 26.2 Å². The van der Waals surface area contributed by atoms with Crippen LogP contribution in [0.2, 0.25) is 0 Å². The molecule has 7 nitrogen and oxygen atoms in total. The van der Waals surface area contributed by atoms with E-state index in [2.05, 4.69) is 10.2 Å². The van der Waals surface area contributed by atoms with Crippen molar-refractivity contribution < 1.29 is 14.3 Å². The molecule has 1 saturated heterocycles. The molecule has 1 aromatic carbocycles. The van der Waals surface area contributed by atoms with Crippen molar-refractivity contribution in [2.75, 3.05) is 56.1 Å². The zero-order valence-corrected chi connectivity index (χ0v) is 15.7. The van der Waals surface area contributed by atoms with Gasteiger partial charge in [0.2, 0.25) is 0 Å². The fourth-order valence-corrected chi connectivity index (χ4v) is 3.50. The van der Waals surface area contributed by atoms with Crippen molar-refractivity contribution in [3.05, 3.63) is 18.2 Å². The van der Waals surface area contributed by atoms with Crippen LogP contribution in [-0.2, 0) is 4.79 Å². The number of nitrogens with zero attached hydrogens (tertiary/aromatic N) is 3. The zero-order valence-electron chi connectivity index (χ0n) is 15.7. The normalized spacial score (nSPS) is 17.0. The summed E-state index contributed by atoms with van der Waals surface area (Å²) in [5, 5.41) is 2.95. The van der Waals surface area contributed by atoms with Gasteiger partial charge in [-0.25, -0.2) is 4.79 Å². The monoisotopic (exact) mass is 360 g/mol. The summed E-state index contributed by atoms with van der Waals surface area (Å²) in [6, 6.07) is 5.31. The summed E-state index contributed by atoms with van der Waals surface area (Å²) in [5.74, 6) is 0.607. The molecule has 1 N–H and O–H groups in total. The number of nitrogens with one attached hydrogen (secondary N) is 1. The van der Waals surface area contributed by atoms with Crippen LogP contribution in [-0.4, -0.2) is 67.6 Å². The van der Waals surface area contributed by atoms with Crippen LogP contribution in [0.4, 0.5) is 16.2 Å². The molecule has 0 atom stereocenters. The van der Waals surface area contributed by atoms with E-state index in [0.29, 0.717) is 30.2 Å². The number of hydrogen-bond acceptors (Lipinski definition) is 4. The Balaban J connectivity index is 1.64. The number of hydrogen-bond donors (Lipinski definition) is 1. The molecule has 3 rings (SSSR count). The Morgan fingerprint density at radius 2 is 2.04 bits per heavy atom. The summed E-state index contributed by atoms with van der Waals surface area (Å²) < 4.78 is 5.47. The number of urea groups is 1. The minimum atomic E-state index is -0.113. The van der Waals surface area contributed by atoms with Crippen LogP contribution in [0.5, 0.6) is 5.75 Å². The summed E-state index contributed by atoms with van der Waals surface area (Å²) in [5.41, 5.74) is 1.38. The first-order chi connectivity index (χ1) is 12.6. The van der Waals surface area contributed by atoms with Gasteiger partial charge in [-0.2, -0.15) is 0 Å². The largest absolute Gasteiger partial charge is 0.482 e. The number of carbonyl (C=O) groups is 2. The van der Waals surface area contributed by atoms with Gasteiger partial charge in [-0.3, -0.25) is 4.79 Å². The van der Waals surface area contributed by atoms with Gasteiger partial charge in [0.15, 0.2) is 6.61 Å². The highest BCUT2D eigenvalue weighted by Crippen LogP contribution is 2.34. The highest BCUT2D eigenvalue weighted by molar-refractivity contribution is 5.99. The van der Waals surface area contributed by atoms with Gasteiger partial charge in [0, 0.05) is 31.9 Å². The number of amides is 3. The molecule has 0 aliphatic carbocycles. The second-order valence-corrected chi connectivity index (χ2v) is 6.67. The van der Waals surface area contributed by atoms with E-state index >= 15 is 0 Å². The van der Waals surface area contributed by atoms with Crippen molar-refractivity contribution in [2.24, 2.45) is 0 Å². The van der Waals surface area contributed by atoms with Crippen molar-refractivity contribution in [1.82, 2.24) is 9.80 Å². The number of anilines is 2. The molecule has 2 heterocycles. The highest BCUT2D eigenvalue weighted by atomic mass is 16.5. The average molecular weight is 360 g/mol. The lowest BCUT2D eigenvalue weighted by Gasteiger charge is -2.29. The summed E-state index contributed by atoms with van der Waals surface area (Å²) >= 11 is 0. The van der Waals surface area contributed by atoms with E-state index in [1.807, 2.05) is 30.9 Å². The molecule has 0 radical (unpaired) electrons. The number of carbonyl (C=O) groups excluding carboxylic acids is 2. The first-order valence-corrected chi connectivity index (χ1v) is 9.48. The molecule has 2 aliphatic heterocycles. The Morgan fingerprint density at radius 1 is 1.27 bits per heavy atom. The van der Waals surface area contributed by atoms with Gasteiger partial charge < -0.3 is 24.8 Å². The topological polar surface area (TPSA) is 65.1 Å². The molecule has 0 bridgehead atoms. The Labute approximate surface area is 154 Å². The predicted octanol–water partition coefficient (Wildman–Crippen LogP) is 2.38. The second-order valence-electron chi connectivity index (χ2n) is 6.67. The third-order valence-corrected chi connectivity index (χ3v) is 5.02. The molecule has 0 saturated carbocycles. The lowest BCUT2D eigenvalue weighted by molar-refractivity contribution is -0.121. The number of benzene rings is 1. The minimum Gasteiger partial charge on any atom is -0.482 e. The van der Waals surface area contributed by atoms with Gasteiger partial charge in [0.1, 0.15) is 5.75 Å². The van der Waals surface area contributed by atoms with Crippen LogP contribution in [0.15, 0.2) is 18.2 Å². The third-order valence-electron chi connectivity index (χ3n) is 5.02. The van der Waals surface area contributed by atoms with Crippen molar-refractivity contribution >= 4 is 23.3 Å². The summed E-state index contributed by atoms with van der Waals surface area (Å²) in [7, 11) is 0. The molecule has 2 aliphatic rings. The van der Waals surface area contributed by atoms with Crippen LogP contribution < -0.4 is 15.0 Å². The Hall–Kier alpha value is -2.28. The maximum Gasteiger partial charge on any atom is 0.321 e. The SMILES string of the molecule is CCN(CCN1CCCC1)C(=O)Nc1ccc2c(c1)N(CC)C(=O)CO2. The fraction of sp³-hybridized carbons (Fsp3) is 0.579. The number of fused-ring (bicyclic) bond motifs is 1. The molecule has 142 valence electrons. The van der Waals surface area contributed by atoms with Crippen molar-refractivity contribution in [3.8, 4) is 5.75 Å². The number of ether oxygens (including phenoxy) is 1. The molecule has 1 fully saturated rings. The lowest BCUT2D eigenvalue weighted by Crippen LogP contribution is -2.40. The minimum absolute atomic E-state index is 0.0622. The van der Waals surface area contributed by atoms with E-state index < -0.39 is 0 Å². The van der Waals surface area contributed by atoms with Crippen molar-refractivity contribution in [3.63, 3.8) is 0 Å². The standard InChI is InChI=1S/C19H28N4O3/c1-3-22(12-11-21-9-5-6-10-21)19(25)20-15-7-8-17-16(13-15)23(4-2)18(24)14-26-17/h7-8,13H,3-6,9-12,14H2,1-2H3,(H,20,25). The maximum absolute atomic E-state index is 12.6. The molecule has 0 unspecified atom stereocenters. The summed E-state index contributed by atoms with van der Waals surface area (Å²) in [6.07, 6.45) is 2.50. The quantitative estimate of drug-likeness (QED) is 0.846. The Morgan fingerprint density at radius 3 is 2.73 bits per heavy atom. The molecule has 0 aromatic heterocycles. The van der Waals surface area contributed by atoms with Crippen LogP contribution in [0, 0.1) is 0 Å². The van der Waals surface area contributed by atoms with Gasteiger partial charge in [-0.05, 0) is 58.0 Å². The smallest absolute Gasteiger partial charge is 0.321 e. The summed E-state index contributed by atoms with van der Waals surface area (Å²) in [6.45, 7) is 9.10. The van der Waals surface area contributed by atoms with E-state index in [4.69, 9.17) is 4.74 Å². The Kier molecular flexibility index (Phi) is 5.98. The number of likely N-dealkylation sites (N-methyl/N-ethyl adjacent to an activating group) is 2. The van der Waals surface area contributed by atoms with E-state index in [-0.39, 0.29) is 18.5 Å². The van der Waals surface area contributed by atoms with Crippen molar-refractivity contribution in [2.45, 2.75) is 26.7 Å². The molecule has 7 heteroatoms. The average Bonchev–Trinajstić information content (AvgIpc) is 3.15. The number of rotatable bonds is 6. The highest BCUT2D eigenvalue weighted by Gasteiger charge is 2.25. The molecule has 26 heavy (non-hydrogen) atoms. The first-order valence-electron chi connectivity index (χ1n) is 9.48. The van der Waals surface area contributed by atoms with Crippen LogP contribution in [0.25, 0.3) is 0 Å². The fourth-order valence-electron chi connectivity index (χ4n) is 3.50. The third kappa shape index (κ3) is 4.09. The molecular formula is C19H28N4O3. The lowest BCUT2D eigenvalue weighted by atomic mass is 10.2. The predicted molar refractivity (Wildman–Crippen MR) is 102 cm³/mol. The van der Waals surface area contributed by atoms with E-state index in [1.165, 1.54) is 12.8 Å². The maximum atomic E-state index is 12.6. The zero-order chi connectivity index (χ0) is 18.5. The summed E-state index contributed by atoms with van der Waals surface area (Å²) in [4.78, 5) is 30.5. The van der Waals surface area contributed by atoms with Crippen molar-refractivity contribution in [1.29, 1.82) is 0 Å². The molecular weight excluding hydrogens is 332 g/mol. The Bertz CT molecular complexity index is 658. The first kappa shape index (κ1) is 18.5.